The predicted octanol–water partition coefficient (Wildman–Crippen LogP) is 9.97. The first kappa shape index (κ1) is 49.8. The number of unbranched alkanes of at least 4 members (excludes halogenated alkanes) is 20. The van der Waals surface area contributed by atoms with Crippen LogP contribution in [0.4, 0.5) is 0 Å². The molecule has 0 aromatic heterocycles. The van der Waals surface area contributed by atoms with Crippen LogP contribution in [-0.4, -0.2) is 75.5 Å². The van der Waals surface area contributed by atoms with E-state index >= 15 is 0 Å². The Morgan fingerprint density at radius 2 is 1.00 bits per heavy atom. The maximum atomic E-state index is 12.5. The summed E-state index contributed by atoms with van der Waals surface area (Å²) in [6.07, 6.45) is 38.2. The lowest BCUT2D eigenvalue weighted by Gasteiger charge is -2.34. The number of rotatable bonds is 38. The number of carbonyl (C=O) groups excluding carboxylic acids is 3. The molecule has 2 atom stereocenters. The molecular weight excluding hydrogens is 654 g/mol. The van der Waals surface area contributed by atoms with Crippen molar-refractivity contribution in [2.75, 3.05) is 41.0 Å². The Balaban J connectivity index is 4.17. The van der Waals surface area contributed by atoms with Crippen LogP contribution in [0.3, 0.4) is 0 Å². The van der Waals surface area contributed by atoms with Crippen molar-refractivity contribution in [3.05, 3.63) is 24.3 Å². The van der Waals surface area contributed by atoms with Gasteiger partial charge in [0.1, 0.15) is 12.6 Å². The van der Waals surface area contributed by atoms with Crippen molar-refractivity contribution in [1.82, 2.24) is 0 Å². The zero-order valence-corrected chi connectivity index (χ0v) is 34.5. The molecule has 0 aromatic carbocycles. The quantitative estimate of drug-likeness (QED) is 0.0269. The lowest BCUT2D eigenvalue weighted by molar-refractivity contribution is -0.889. The van der Waals surface area contributed by atoms with Crippen LogP contribution in [0.5, 0.6) is 0 Å². The Hall–Kier alpha value is -2.19. The molecular formula is C44H81NO7. The fourth-order valence-corrected chi connectivity index (χ4v) is 6.20. The highest BCUT2D eigenvalue weighted by atomic mass is 16.6. The van der Waals surface area contributed by atoms with Gasteiger partial charge in [-0.25, -0.2) is 0 Å². The SMILES string of the molecule is CCCCC/C=C/CCC(=O)OC(COCCC(C(=O)[O-])[N+](C)(C)C)COC(=O)CCCCCCCCC/C=C/CCCCCCCCCCCC. The minimum atomic E-state index is -1.13. The Labute approximate surface area is 320 Å². The van der Waals surface area contributed by atoms with E-state index in [2.05, 4.69) is 32.1 Å². The second kappa shape index (κ2) is 35.8. The zero-order chi connectivity index (χ0) is 38.5. The molecule has 0 aliphatic rings. The predicted molar refractivity (Wildman–Crippen MR) is 213 cm³/mol. The maximum Gasteiger partial charge on any atom is 0.306 e. The van der Waals surface area contributed by atoms with Crippen molar-refractivity contribution in [3.63, 3.8) is 0 Å². The fraction of sp³-hybridized carbons (Fsp3) is 0.841. The third-order valence-corrected chi connectivity index (χ3v) is 9.57. The van der Waals surface area contributed by atoms with Crippen LogP contribution in [-0.2, 0) is 28.6 Å². The molecule has 0 heterocycles. The number of quaternary nitrogens is 1. The van der Waals surface area contributed by atoms with Gasteiger partial charge >= 0.3 is 11.9 Å². The summed E-state index contributed by atoms with van der Waals surface area (Å²) in [5.41, 5.74) is 0. The van der Waals surface area contributed by atoms with Crippen molar-refractivity contribution in [2.24, 2.45) is 0 Å². The molecule has 0 saturated heterocycles. The number of allylic oxidation sites excluding steroid dienone is 4. The highest BCUT2D eigenvalue weighted by Crippen LogP contribution is 2.14. The standard InChI is InChI=1S/C44H81NO7/c1-6-8-10-12-14-15-16-17-18-19-20-21-22-23-24-25-26-27-29-30-32-34-42(46)51-39-40(38-50-37-36-41(44(48)49)45(3,4)5)52-43(47)35-33-31-28-13-11-9-7-2/h21-22,28,31,40-41H,6-20,23-27,29-30,32-39H2,1-5H3/b22-21+,31-28+. The Morgan fingerprint density at radius 1 is 0.558 bits per heavy atom. The molecule has 0 bridgehead atoms. The summed E-state index contributed by atoms with van der Waals surface area (Å²) in [6.45, 7) is 4.55. The number of aliphatic carboxylic acids is 1. The lowest BCUT2D eigenvalue weighted by Crippen LogP contribution is -2.55. The first-order valence-corrected chi connectivity index (χ1v) is 21.4. The van der Waals surface area contributed by atoms with E-state index in [1.807, 2.05) is 6.08 Å². The number of hydrogen-bond acceptors (Lipinski definition) is 7. The molecule has 0 aliphatic carbocycles. The van der Waals surface area contributed by atoms with Gasteiger partial charge in [-0.2, -0.15) is 0 Å². The van der Waals surface area contributed by atoms with Gasteiger partial charge in [0.25, 0.3) is 0 Å². The first-order chi connectivity index (χ1) is 25.1. The molecule has 0 spiro atoms. The van der Waals surface area contributed by atoms with E-state index in [4.69, 9.17) is 14.2 Å². The number of nitrogens with zero attached hydrogens (tertiary/aromatic N) is 1. The highest BCUT2D eigenvalue weighted by Gasteiger charge is 2.25. The van der Waals surface area contributed by atoms with Gasteiger partial charge in [0.05, 0.1) is 40.3 Å². The van der Waals surface area contributed by atoms with Crippen LogP contribution < -0.4 is 5.11 Å². The maximum absolute atomic E-state index is 12.5. The minimum absolute atomic E-state index is 0.0257. The second-order valence-electron chi connectivity index (χ2n) is 15.6. The number of carbonyl (C=O) groups is 3. The van der Waals surface area contributed by atoms with Crippen molar-refractivity contribution < 1.29 is 38.2 Å². The topological polar surface area (TPSA) is 102 Å². The van der Waals surface area contributed by atoms with Gasteiger partial charge in [-0.15, -0.1) is 0 Å². The number of ether oxygens (including phenoxy) is 3. The third kappa shape index (κ3) is 33.6. The van der Waals surface area contributed by atoms with Crippen LogP contribution in [0.15, 0.2) is 24.3 Å². The van der Waals surface area contributed by atoms with Crippen molar-refractivity contribution in [3.8, 4) is 0 Å². The average Bonchev–Trinajstić information content (AvgIpc) is 3.09. The monoisotopic (exact) mass is 736 g/mol. The summed E-state index contributed by atoms with van der Waals surface area (Å²) >= 11 is 0. The molecule has 0 rings (SSSR count). The Bertz CT molecular complexity index is 911. The molecule has 304 valence electrons. The van der Waals surface area contributed by atoms with Gasteiger partial charge in [0, 0.05) is 19.3 Å². The summed E-state index contributed by atoms with van der Waals surface area (Å²) in [4.78, 5) is 36.6. The smallest absolute Gasteiger partial charge is 0.306 e. The summed E-state index contributed by atoms with van der Waals surface area (Å²) in [6, 6.07) is -0.728. The number of hydrogen-bond donors (Lipinski definition) is 0. The molecule has 8 nitrogen and oxygen atoms in total. The minimum Gasteiger partial charge on any atom is -0.544 e. The summed E-state index contributed by atoms with van der Waals surface area (Å²) in [5.74, 6) is -1.81. The largest absolute Gasteiger partial charge is 0.544 e. The van der Waals surface area contributed by atoms with Crippen LogP contribution in [0, 0.1) is 0 Å². The molecule has 0 N–H and O–H groups in total. The molecule has 0 fully saturated rings. The number of carboxylic acid groups (broad SMARTS) is 1. The molecule has 0 radical (unpaired) electrons. The lowest BCUT2D eigenvalue weighted by atomic mass is 10.1. The Kier molecular flexibility index (Phi) is 34.3. The van der Waals surface area contributed by atoms with E-state index < -0.39 is 18.1 Å². The Morgan fingerprint density at radius 3 is 1.50 bits per heavy atom. The molecule has 0 amide bonds. The van der Waals surface area contributed by atoms with E-state index in [9.17, 15) is 19.5 Å². The molecule has 0 aliphatic heterocycles. The summed E-state index contributed by atoms with van der Waals surface area (Å²) in [7, 11) is 5.38. The van der Waals surface area contributed by atoms with Crippen LogP contribution in [0.25, 0.3) is 0 Å². The van der Waals surface area contributed by atoms with Gasteiger partial charge in [-0.05, 0) is 51.4 Å². The average molecular weight is 736 g/mol. The normalized spacial score (nSPS) is 13.2. The van der Waals surface area contributed by atoms with Crippen molar-refractivity contribution in [1.29, 1.82) is 0 Å². The fourth-order valence-electron chi connectivity index (χ4n) is 6.20. The van der Waals surface area contributed by atoms with Crippen LogP contribution >= 0.6 is 0 Å². The third-order valence-electron chi connectivity index (χ3n) is 9.57. The molecule has 8 heteroatoms. The van der Waals surface area contributed by atoms with Gasteiger partial charge in [-0.3, -0.25) is 9.59 Å². The number of carboxylic acids is 1. The van der Waals surface area contributed by atoms with Crippen molar-refractivity contribution >= 4 is 17.9 Å². The van der Waals surface area contributed by atoms with Crippen molar-refractivity contribution in [2.45, 2.75) is 199 Å². The van der Waals surface area contributed by atoms with Crippen LogP contribution in [0.2, 0.25) is 0 Å². The van der Waals surface area contributed by atoms with E-state index in [1.54, 1.807) is 21.1 Å². The van der Waals surface area contributed by atoms with Gasteiger partial charge in [-0.1, -0.05) is 141 Å². The number of likely N-dealkylation sites (N-methyl/N-ethyl adjacent to an activating group) is 1. The summed E-state index contributed by atoms with van der Waals surface area (Å²) in [5, 5.41) is 11.6. The molecule has 52 heavy (non-hydrogen) atoms. The second-order valence-corrected chi connectivity index (χ2v) is 15.6. The first-order valence-electron chi connectivity index (χ1n) is 21.4. The molecule has 0 saturated carbocycles. The van der Waals surface area contributed by atoms with Crippen LogP contribution in [0.1, 0.15) is 187 Å². The van der Waals surface area contributed by atoms with E-state index in [0.717, 1.165) is 32.1 Å². The van der Waals surface area contributed by atoms with Gasteiger partial charge in [0.15, 0.2) is 6.10 Å². The zero-order valence-electron chi connectivity index (χ0n) is 34.5. The van der Waals surface area contributed by atoms with E-state index in [1.165, 1.54) is 116 Å². The van der Waals surface area contributed by atoms with Gasteiger partial charge in [0.2, 0.25) is 0 Å². The van der Waals surface area contributed by atoms with E-state index in [0.29, 0.717) is 12.8 Å². The highest BCUT2D eigenvalue weighted by molar-refractivity contribution is 5.70. The molecule has 2 unspecified atom stereocenters. The summed E-state index contributed by atoms with van der Waals surface area (Å²) < 4.78 is 17.0. The number of esters is 2. The van der Waals surface area contributed by atoms with E-state index in [-0.39, 0.29) is 49.1 Å². The van der Waals surface area contributed by atoms with Gasteiger partial charge < -0.3 is 28.6 Å². The molecule has 0 aromatic rings.